The summed E-state index contributed by atoms with van der Waals surface area (Å²) >= 11 is 0. The molecule has 1 aliphatic rings. The molecule has 26 heavy (non-hydrogen) atoms. The molecule has 0 bridgehead atoms. The van der Waals surface area contributed by atoms with E-state index in [1.807, 2.05) is 23.1 Å². The monoisotopic (exact) mass is 373 g/mol. The minimum absolute atomic E-state index is 0.0184. The van der Waals surface area contributed by atoms with Gasteiger partial charge < -0.3 is 4.90 Å². The highest BCUT2D eigenvalue weighted by Gasteiger charge is 2.25. The highest BCUT2D eigenvalue weighted by atomic mass is 32.2. The van der Waals surface area contributed by atoms with Crippen LogP contribution in [-0.2, 0) is 10.9 Å². The SMILES string of the molecule is C[C@H](c1ccccc1)N1CCN(C(=O)c2ccc(N[SH](=O)=O)cc2)CC1. The van der Waals surface area contributed by atoms with Gasteiger partial charge >= 0.3 is 0 Å². The normalized spacial score (nSPS) is 16.5. The van der Waals surface area contributed by atoms with Crippen LogP contribution in [0.5, 0.6) is 0 Å². The van der Waals surface area contributed by atoms with Gasteiger partial charge in [-0.1, -0.05) is 30.3 Å². The number of carbonyl (C=O) groups is 1. The summed E-state index contributed by atoms with van der Waals surface area (Å²) in [4.78, 5) is 16.9. The van der Waals surface area contributed by atoms with Crippen LogP contribution in [0.15, 0.2) is 54.6 Å². The van der Waals surface area contributed by atoms with Gasteiger partial charge in [0.15, 0.2) is 0 Å². The molecule has 2 aromatic carbocycles. The number of piperazine rings is 1. The Kier molecular flexibility index (Phi) is 5.90. The molecule has 1 amide bonds. The van der Waals surface area contributed by atoms with Crippen molar-refractivity contribution in [1.82, 2.24) is 9.80 Å². The number of carbonyl (C=O) groups excluding carboxylic acids is 1. The van der Waals surface area contributed by atoms with E-state index in [-0.39, 0.29) is 5.91 Å². The summed E-state index contributed by atoms with van der Waals surface area (Å²) in [5.41, 5.74) is 2.31. The molecule has 0 aromatic heterocycles. The summed E-state index contributed by atoms with van der Waals surface area (Å²) in [5, 5.41) is 0. The molecule has 0 unspecified atom stereocenters. The number of amides is 1. The smallest absolute Gasteiger partial charge is 0.253 e. The Balaban J connectivity index is 1.58. The van der Waals surface area contributed by atoms with E-state index in [4.69, 9.17) is 0 Å². The number of rotatable bonds is 5. The van der Waals surface area contributed by atoms with Crippen molar-refractivity contribution in [1.29, 1.82) is 0 Å². The van der Waals surface area contributed by atoms with Crippen LogP contribution in [0.2, 0.25) is 0 Å². The Hall–Kier alpha value is -2.38. The van der Waals surface area contributed by atoms with E-state index >= 15 is 0 Å². The summed E-state index contributed by atoms with van der Waals surface area (Å²) in [5.74, 6) is -0.0184. The molecule has 0 aliphatic carbocycles. The molecule has 7 heteroatoms. The first-order valence-corrected chi connectivity index (χ1v) is 9.82. The largest absolute Gasteiger partial charge is 0.336 e. The number of nitrogens with one attached hydrogen (secondary N) is 1. The van der Waals surface area contributed by atoms with Crippen LogP contribution in [0.1, 0.15) is 28.9 Å². The van der Waals surface area contributed by atoms with Gasteiger partial charge in [-0.05, 0) is 36.8 Å². The quantitative estimate of drug-likeness (QED) is 0.788. The zero-order valence-electron chi connectivity index (χ0n) is 14.7. The molecule has 0 spiro atoms. The van der Waals surface area contributed by atoms with Crippen LogP contribution >= 0.6 is 0 Å². The fourth-order valence-electron chi connectivity index (χ4n) is 3.23. The second-order valence-electron chi connectivity index (χ2n) is 6.36. The van der Waals surface area contributed by atoms with Gasteiger partial charge in [-0.3, -0.25) is 14.4 Å². The van der Waals surface area contributed by atoms with Gasteiger partial charge in [0.2, 0.25) is 10.9 Å². The fraction of sp³-hybridized carbons (Fsp3) is 0.316. The van der Waals surface area contributed by atoms with Gasteiger partial charge in [-0.25, -0.2) is 8.42 Å². The van der Waals surface area contributed by atoms with E-state index in [2.05, 4.69) is 28.7 Å². The van der Waals surface area contributed by atoms with E-state index in [9.17, 15) is 13.2 Å². The first-order chi connectivity index (χ1) is 12.5. The Morgan fingerprint density at radius 3 is 2.15 bits per heavy atom. The fourth-order valence-corrected chi connectivity index (χ4v) is 3.59. The third-order valence-corrected chi connectivity index (χ3v) is 5.22. The van der Waals surface area contributed by atoms with Crippen LogP contribution in [0.4, 0.5) is 5.69 Å². The van der Waals surface area contributed by atoms with Crippen molar-refractivity contribution in [3.8, 4) is 0 Å². The molecule has 1 atom stereocenters. The molecule has 1 N–H and O–H groups in total. The highest BCUT2D eigenvalue weighted by molar-refractivity contribution is 7.73. The predicted octanol–water partition coefficient (Wildman–Crippen LogP) is 2.14. The van der Waals surface area contributed by atoms with Gasteiger partial charge in [-0.15, -0.1) is 0 Å². The number of benzene rings is 2. The number of anilines is 1. The average Bonchev–Trinajstić information content (AvgIpc) is 2.68. The first-order valence-electron chi connectivity index (χ1n) is 8.64. The lowest BCUT2D eigenvalue weighted by Gasteiger charge is -2.38. The zero-order chi connectivity index (χ0) is 18.5. The maximum Gasteiger partial charge on any atom is 0.253 e. The average molecular weight is 373 g/mol. The van der Waals surface area contributed by atoms with E-state index in [1.54, 1.807) is 24.3 Å². The Bertz CT molecular complexity index is 806. The van der Waals surface area contributed by atoms with E-state index in [0.717, 1.165) is 13.1 Å². The molecule has 138 valence electrons. The lowest BCUT2D eigenvalue weighted by molar-refractivity contribution is 0.0582. The van der Waals surface area contributed by atoms with Crippen molar-refractivity contribution in [3.05, 3.63) is 65.7 Å². The first kappa shape index (κ1) is 18.4. The maximum absolute atomic E-state index is 12.6. The zero-order valence-corrected chi connectivity index (χ0v) is 15.6. The number of nitrogens with zero attached hydrogens (tertiary/aromatic N) is 2. The van der Waals surface area contributed by atoms with Gasteiger partial charge in [-0.2, -0.15) is 0 Å². The molecular weight excluding hydrogens is 350 g/mol. The topological polar surface area (TPSA) is 69.7 Å². The molecule has 1 saturated heterocycles. The third kappa shape index (κ3) is 4.42. The van der Waals surface area contributed by atoms with Crippen LogP contribution in [-0.4, -0.2) is 50.3 Å². The van der Waals surface area contributed by atoms with Crippen molar-refractivity contribution < 1.29 is 13.2 Å². The molecule has 1 heterocycles. The van der Waals surface area contributed by atoms with Gasteiger partial charge in [0.05, 0.1) is 0 Å². The molecule has 2 aromatic rings. The van der Waals surface area contributed by atoms with Crippen molar-refractivity contribution in [2.75, 3.05) is 30.9 Å². The van der Waals surface area contributed by atoms with Crippen molar-refractivity contribution in [2.24, 2.45) is 0 Å². The Morgan fingerprint density at radius 1 is 0.962 bits per heavy atom. The molecular formula is C19H23N3O3S. The van der Waals surface area contributed by atoms with Crippen LogP contribution in [0.3, 0.4) is 0 Å². The molecule has 0 radical (unpaired) electrons. The highest BCUT2D eigenvalue weighted by Crippen LogP contribution is 2.22. The standard InChI is InChI=1S/C19H23N3O3S/c1-15(16-5-3-2-4-6-16)21-11-13-22(14-12-21)19(23)17-7-9-18(10-8-17)20-26(24)25/h2-10,15,26H,11-14H2,1H3,(H,20,24,25)/t15-/m1/s1. The summed E-state index contributed by atoms with van der Waals surface area (Å²) in [6, 6.07) is 17.2. The van der Waals surface area contributed by atoms with Crippen LogP contribution in [0.25, 0.3) is 0 Å². The van der Waals surface area contributed by atoms with Gasteiger partial charge in [0, 0.05) is 43.5 Å². The third-order valence-electron chi connectivity index (χ3n) is 4.78. The number of hydrogen-bond donors (Lipinski definition) is 2. The van der Waals surface area contributed by atoms with Crippen molar-refractivity contribution >= 4 is 22.5 Å². The summed E-state index contributed by atoms with van der Waals surface area (Å²) in [6.07, 6.45) is 0. The Labute approximate surface area is 155 Å². The molecule has 1 fully saturated rings. The second kappa shape index (κ2) is 8.33. The number of hydrogen-bond acceptors (Lipinski definition) is 4. The van der Waals surface area contributed by atoms with Crippen molar-refractivity contribution in [2.45, 2.75) is 13.0 Å². The molecule has 6 nitrogen and oxygen atoms in total. The van der Waals surface area contributed by atoms with Gasteiger partial charge in [0.25, 0.3) is 5.91 Å². The number of thiol groups is 1. The summed E-state index contributed by atoms with van der Waals surface area (Å²) in [6.45, 7) is 5.22. The maximum atomic E-state index is 12.6. The predicted molar refractivity (Wildman–Crippen MR) is 103 cm³/mol. The minimum atomic E-state index is -2.70. The van der Waals surface area contributed by atoms with E-state index in [0.29, 0.717) is 30.4 Å². The van der Waals surface area contributed by atoms with Gasteiger partial charge in [0.1, 0.15) is 0 Å². The van der Waals surface area contributed by atoms with Crippen LogP contribution < -0.4 is 4.72 Å². The molecule has 0 saturated carbocycles. The van der Waals surface area contributed by atoms with E-state index < -0.39 is 10.9 Å². The second-order valence-corrected chi connectivity index (χ2v) is 7.10. The summed E-state index contributed by atoms with van der Waals surface area (Å²) in [7, 11) is -2.70. The Morgan fingerprint density at radius 2 is 1.58 bits per heavy atom. The van der Waals surface area contributed by atoms with Crippen LogP contribution in [0, 0.1) is 0 Å². The lowest BCUT2D eigenvalue weighted by atomic mass is 10.1. The minimum Gasteiger partial charge on any atom is -0.336 e. The lowest BCUT2D eigenvalue weighted by Crippen LogP contribution is -2.49. The van der Waals surface area contributed by atoms with Crippen molar-refractivity contribution in [3.63, 3.8) is 0 Å². The molecule has 1 aliphatic heterocycles. The summed E-state index contributed by atoms with van der Waals surface area (Å²) < 4.78 is 23.6. The molecule has 3 rings (SSSR count). The van der Waals surface area contributed by atoms with E-state index in [1.165, 1.54) is 5.56 Å².